The number of halogens is 2. The molecule has 0 saturated heterocycles. The molecule has 0 heterocycles. The highest BCUT2D eigenvalue weighted by molar-refractivity contribution is 8.11. The normalized spacial score (nSPS) is 12.5. The fraction of sp³-hybridized carbons (Fsp3) is 0.222. The topological polar surface area (TPSA) is 154 Å². The first-order chi connectivity index (χ1) is 13.9. The Bertz CT molecular complexity index is 1120. The molecular weight excluding hydrogens is 475 g/mol. The van der Waals surface area contributed by atoms with Crippen LogP contribution in [0.15, 0.2) is 58.3 Å². The molecule has 12 heteroatoms. The standard InChI is InChI=1S/C18H18Cl2N2O6S2/c19-12-6-1-3-8-14(12)29(25,26)18(17(22)24,11-5-10-16(21)23)30(27,28)15-9-4-2-7-13(15)20/h1-4,6-9H,5,10-11H2,(H2,21,23)(H2,22,24). The molecule has 2 amide bonds. The van der Waals surface area contributed by atoms with Gasteiger partial charge in [0.05, 0.1) is 19.8 Å². The van der Waals surface area contributed by atoms with Crippen LogP contribution in [-0.4, -0.2) is 32.7 Å². The Morgan fingerprint density at radius 1 is 0.800 bits per heavy atom. The van der Waals surface area contributed by atoms with E-state index in [0.717, 1.165) is 12.1 Å². The van der Waals surface area contributed by atoms with E-state index in [1.165, 1.54) is 36.4 Å². The summed E-state index contributed by atoms with van der Waals surface area (Å²) in [6, 6.07) is 10.1. The Labute approximate surface area is 184 Å². The average Bonchev–Trinajstić information content (AvgIpc) is 2.64. The molecule has 0 spiro atoms. The highest BCUT2D eigenvalue weighted by atomic mass is 35.5. The summed E-state index contributed by atoms with van der Waals surface area (Å²) in [5.41, 5.74) is 10.5. The molecule has 8 nitrogen and oxygen atoms in total. The summed E-state index contributed by atoms with van der Waals surface area (Å²) in [6.45, 7) is 0. The molecule has 0 atom stereocenters. The Hall–Kier alpha value is -2.14. The second-order valence-corrected chi connectivity index (χ2v) is 11.7. The lowest BCUT2D eigenvalue weighted by molar-refractivity contribution is -0.120. The number of benzene rings is 2. The average molecular weight is 493 g/mol. The maximum absolute atomic E-state index is 13.6. The third-order valence-electron chi connectivity index (χ3n) is 4.43. The monoisotopic (exact) mass is 492 g/mol. The highest BCUT2D eigenvalue weighted by Gasteiger charge is 2.61. The van der Waals surface area contributed by atoms with E-state index in [-0.39, 0.29) is 22.9 Å². The van der Waals surface area contributed by atoms with Gasteiger partial charge in [0.25, 0.3) is 9.99 Å². The zero-order chi connectivity index (χ0) is 22.7. The molecule has 0 unspecified atom stereocenters. The number of amides is 2. The maximum Gasteiger partial charge on any atom is 0.259 e. The van der Waals surface area contributed by atoms with Crippen molar-refractivity contribution in [1.29, 1.82) is 0 Å². The zero-order valence-corrected chi connectivity index (χ0v) is 18.6. The van der Waals surface area contributed by atoms with Crippen molar-refractivity contribution in [3.05, 3.63) is 58.6 Å². The number of sulfone groups is 2. The molecule has 4 N–H and O–H groups in total. The largest absolute Gasteiger partial charge is 0.370 e. The quantitative estimate of drug-likeness (QED) is 0.545. The first-order valence-electron chi connectivity index (χ1n) is 8.46. The van der Waals surface area contributed by atoms with E-state index in [4.69, 9.17) is 34.7 Å². The van der Waals surface area contributed by atoms with Crippen LogP contribution in [-0.2, 0) is 29.3 Å². The van der Waals surface area contributed by atoms with Crippen LogP contribution >= 0.6 is 23.2 Å². The predicted octanol–water partition coefficient (Wildman–Crippen LogP) is 2.08. The summed E-state index contributed by atoms with van der Waals surface area (Å²) in [6.07, 6.45) is -1.54. The number of carbonyl (C=O) groups is 2. The minimum absolute atomic E-state index is 0.299. The van der Waals surface area contributed by atoms with Gasteiger partial charge in [-0.15, -0.1) is 0 Å². The van der Waals surface area contributed by atoms with Gasteiger partial charge in [-0.2, -0.15) is 0 Å². The molecule has 0 fully saturated rings. The van der Waals surface area contributed by atoms with E-state index in [1.54, 1.807) is 0 Å². The van der Waals surface area contributed by atoms with Crippen molar-refractivity contribution in [2.45, 2.75) is 33.1 Å². The van der Waals surface area contributed by atoms with Gasteiger partial charge in [0.2, 0.25) is 25.6 Å². The number of rotatable bonds is 9. The summed E-state index contributed by atoms with van der Waals surface area (Å²) >= 11 is 12.0. The third kappa shape index (κ3) is 4.04. The van der Waals surface area contributed by atoms with Gasteiger partial charge in [-0.25, -0.2) is 16.8 Å². The SMILES string of the molecule is NC(=O)CCCC(C(N)=O)(S(=O)(=O)c1ccccc1Cl)S(=O)(=O)c1ccccc1Cl. The van der Waals surface area contributed by atoms with Gasteiger partial charge in [-0.3, -0.25) is 9.59 Å². The predicted molar refractivity (Wildman–Crippen MR) is 112 cm³/mol. The fourth-order valence-electron chi connectivity index (χ4n) is 2.98. The molecule has 2 aromatic carbocycles. The lowest BCUT2D eigenvalue weighted by Gasteiger charge is -2.30. The molecule has 0 aliphatic rings. The zero-order valence-electron chi connectivity index (χ0n) is 15.4. The molecule has 0 radical (unpaired) electrons. The smallest absolute Gasteiger partial charge is 0.259 e. The van der Waals surface area contributed by atoms with Gasteiger partial charge >= 0.3 is 0 Å². The molecule has 0 aliphatic carbocycles. The summed E-state index contributed by atoms with van der Waals surface area (Å²) in [5.74, 6) is -2.45. The Morgan fingerprint density at radius 2 is 1.20 bits per heavy atom. The second kappa shape index (κ2) is 8.93. The molecule has 0 aliphatic heterocycles. The van der Waals surface area contributed by atoms with Crippen molar-refractivity contribution in [3.63, 3.8) is 0 Å². The number of hydrogen-bond donors (Lipinski definition) is 2. The van der Waals surface area contributed by atoms with Gasteiger partial charge < -0.3 is 11.5 Å². The number of carbonyl (C=O) groups excluding carboxylic acids is 2. The molecule has 0 aromatic heterocycles. The van der Waals surface area contributed by atoms with Crippen molar-refractivity contribution in [2.75, 3.05) is 0 Å². The number of nitrogens with two attached hydrogens (primary N) is 2. The summed E-state index contributed by atoms with van der Waals surface area (Å²) in [4.78, 5) is 22.6. The van der Waals surface area contributed by atoms with Crippen LogP contribution in [0.3, 0.4) is 0 Å². The van der Waals surface area contributed by atoms with Crippen LogP contribution in [0.4, 0.5) is 0 Å². The molecule has 162 valence electrons. The summed E-state index contributed by atoms with van der Waals surface area (Å²) in [5, 5.41) is -0.597. The van der Waals surface area contributed by atoms with Crippen LogP contribution in [0.1, 0.15) is 19.3 Å². The summed E-state index contributed by atoms with van der Waals surface area (Å²) in [7, 11) is -10.0. The van der Waals surface area contributed by atoms with Gasteiger partial charge in [-0.1, -0.05) is 47.5 Å². The van der Waals surface area contributed by atoms with Crippen LogP contribution in [0.5, 0.6) is 0 Å². The molecule has 0 bridgehead atoms. The molecule has 0 saturated carbocycles. The van der Waals surface area contributed by atoms with Gasteiger partial charge in [0.15, 0.2) is 0 Å². The van der Waals surface area contributed by atoms with E-state index in [0.29, 0.717) is 0 Å². The fourth-order valence-corrected chi connectivity index (χ4v) is 8.78. The van der Waals surface area contributed by atoms with Crippen molar-refractivity contribution in [3.8, 4) is 0 Å². The van der Waals surface area contributed by atoms with Crippen molar-refractivity contribution >= 4 is 54.7 Å². The number of hydrogen-bond acceptors (Lipinski definition) is 6. The highest BCUT2D eigenvalue weighted by Crippen LogP contribution is 2.42. The molecule has 2 aromatic rings. The molecule has 2 rings (SSSR count). The van der Waals surface area contributed by atoms with Crippen LogP contribution in [0.25, 0.3) is 0 Å². The Balaban J connectivity index is 2.90. The van der Waals surface area contributed by atoms with Gasteiger partial charge in [0, 0.05) is 6.42 Å². The van der Waals surface area contributed by atoms with E-state index < -0.39 is 51.8 Å². The first kappa shape index (κ1) is 24.1. The van der Waals surface area contributed by atoms with Gasteiger partial charge in [-0.05, 0) is 37.1 Å². The first-order valence-corrected chi connectivity index (χ1v) is 12.2. The van der Waals surface area contributed by atoms with Crippen molar-refractivity contribution in [1.82, 2.24) is 0 Å². The second-order valence-electron chi connectivity index (χ2n) is 6.30. The Kier molecular flexibility index (Phi) is 7.18. The van der Waals surface area contributed by atoms with Crippen molar-refractivity contribution in [2.24, 2.45) is 11.5 Å². The van der Waals surface area contributed by atoms with Crippen LogP contribution < -0.4 is 11.5 Å². The third-order valence-corrected chi connectivity index (χ3v) is 11.0. The van der Waals surface area contributed by atoms with E-state index in [2.05, 4.69) is 0 Å². The maximum atomic E-state index is 13.6. The lowest BCUT2D eigenvalue weighted by atomic mass is 10.1. The lowest BCUT2D eigenvalue weighted by Crippen LogP contribution is -2.56. The van der Waals surface area contributed by atoms with E-state index in [9.17, 15) is 26.4 Å². The van der Waals surface area contributed by atoms with Gasteiger partial charge in [0.1, 0.15) is 0 Å². The minimum atomic E-state index is -5.02. The Morgan fingerprint density at radius 3 is 1.53 bits per heavy atom. The van der Waals surface area contributed by atoms with E-state index >= 15 is 0 Å². The van der Waals surface area contributed by atoms with Crippen molar-refractivity contribution < 1.29 is 26.4 Å². The van der Waals surface area contributed by atoms with Crippen LogP contribution in [0.2, 0.25) is 10.0 Å². The van der Waals surface area contributed by atoms with Crippen LogP contribution in [0, 0.1) is 0 Å². The number of primary amides is 2. The van der Waals surface area contributed by atoms with E-state index in [1.807, 2.05) is 0 Å². The summed E-state index contributed by atoms with van der Waals surface area (Å²) < 4.78 is 51.2. The molecular formula is C18H18Cl2N2O6S2. The molecule has 30 heavy (non-hydrogen) atoms. The minimum Gasteiger partial charge on any atom is -0.370 e.